The first-order chi connectivity index (χ1) is 15.4. The lowest BCUT2D eigenvalue weighted by Crippen LogP contribution is -2.39. The average molecular weight is 452 g/mol. The van der Waals surface area contributed by atoms with Crippen molar-refractivity contribution in [2.45, 2.75) is 32.0 Å². The molecule has 1 amide bonds. The van der Waals surface area contributed by atoms with Crippen LogP contribution >= 0.6 is 11.3 Å². The molecule has 4 rings (SSSR count). The predicted octanol–water partition coefficient (Wildman–Crippen LogP) is 3.86. The molecule has 0 aliphatic carbocycles. The number of hydrogen-bond acceptors (Lipinski definition) is 6. The van der Waals surface area contributed by atoms with Gasteiger partial charge in [0.25, 0.3) is 5.91 Å². The molecule has 0 unspecified atom stereocenters. The highest BCUT2D eigenvalue weighted by Crippen LogP contribution is 2.35. The number of rotatable bonds is 7. The summed E-state index contributed by atoms with van der Waals surface area (Å²) >= 11 is 1.38. The first-order valence-electron chi connectivity index (χ1n) is 10.5. The molecular weight excluding hydrogens is 426 g/mol. The smallest absolute Gasteiger partial charge is 0.352 e. The summed E-state index contributed by atoms with van der Waals surface area (Å²) in [7, 11) is 0. The number of nitrogens with one attached hydrogen (secondary N) is 1. The second kappa shape index (κ2) is 9.40. The Bertz CT molecular complexity index is 1140. The summed E-state index contributed by atoms with van der Waals surface area (Å²) in [6, 6.07) is 16.3. The third kappa shape index (κ3) is 4.60. The van der Waals surface area contributed by atoms with Crippen molar-refractivity contribution in [2.24, 2.45) is 5.73 Å². The quantitative estimate of drug-likeness (QED) is 0.322. The van der Waals surface area contributed by atoms with E-state index in [2.05, 4.69) is 0 Å². The number of benzene rings is 2. The van der Waals surface area contributed by atoms with Gasteiger partial charge in [-0.05, 0) is 38.0 Å². The van der Waals surface area contributed by atoms with Crippen LogP contribution in [0.4, 0.5) is 0 Å². The Morgan fingerprint density at radius 1 is 1.09 bits per heavy atom. The minimum atomic E-state index is -1.05. The van der Waals surface area contributed by atoms with E-state index in [0.717, 1.165) is 22.9 Å². The number of nitrogen functional groups attached to an aromatic ring is 1. The van der Waals surface area contributed by atoms with Gasteiger partial charge < -0.3 is 20.1 Å². The van der Waals surface area contributed by atoms with E-state index < -0.39 is 18.2 Å². The SMILES string of the molecule is C[C@H](OC(=O)[C@H](Oc1cccc2sc(C(=N)N)cc12)c1ccccc1)C(=O)N1CCCC1. The molecular formula is C24H25N3O4S. The molecule has 0 spiro atoms. The van der Waals surface area contributed by atoms with Crippen LogP contribution in [-0.4, -0.2) is 41.8 Å². The maximum Gasteiger partial charge on any atom is 0.352 e. The van der Waals surface area contributed by atoms with Gasteiger partial charge in [-0.15, -0.1) is 11.3 Å². The third-order valence-corrected chi connectivity index (χ3v) is 6.54. The minimum Gasteiger partial charge on any atom is -0.473 e. The number of nitrogens with two attached hydrogens (primary N) is 1. The minimum absolute atomic E-state index is 0.0228. The highest BCUT2D eigenvalue weighted by atomic mass is 32.1. The van der Waals surface area contributed by atoms with Crippen molar-refractivity contribution in [1.82, 2.24) is 4.90 Å². The van der Waals surface area contributed by atoms with Gasteiger partial charge in [0.1, 0.15) is 11.6 Å². The molecule has 0 saturated carbocycles. The molecule has 1 aromatic heterocycles. The van der Waals surface area contributed by atoms with Gasteiger partial charge in [0.2, 0.25) is 6.10 Å². The van der Waals surface area contributed by atoms with Gasteiger partial charge >= 0.3 is 5.97 Å². The van der Waals surface area contributed by atoms with E-state index in [1.165, 1.54) is 11.3 Å². The molecule has 1 fully saturated rings. The lowest BCUT2D eigenvalue weighted by molar-refractivity contribution is -0.164. The van der Waals surface area contributed by atoms with Crippen LogP contribution in [0.3, 0.4) is 0 Å². The number of likely N-dealkylation sites (tertiary alicyclic amines) is 1. The van der Waals surface area contributed by atoms with Crippen LogP contribution in [0.15, 0.2) is 54.6 Å². The molecule has 2 aromatic carbocycles. The second-order valence-corrected chi connectivity index (χ2v) is 8.80. The normalized spacial score (nSPS) is 15.3. The van der Waals surface area contributed by atoms with Crippen molar-refractivity contribution in [3.05, 3.63) is 65.0 Å². The number of fused-ring (bicyclic) bond motifs is 1. The lowest BCUT2D eigenvalue weighted by atomic mass is 10.1. The van der Waals surface area contributed by atoms with Crippen molar-refractivity contribution in [2.75, 3.05) is 13.1 Å². The van der Waals surface area contributed by atoms with Gasteiger partial charge in [-0.2, -0.15) is 0 Å². The molecule has 1 saturated heterocycles. The zero-order valence-electron chi connectivity index (χ0n) is 17.7. The van der Waals surface area contributed by atoms with Crippen molar-refractivity contribution >= 4 is 39.1 Å². The molecule has 1 aliphatic heterocycles. The molecule has 2 atom stereocenters. The highest BCUT2D eigenvalue weighted by molar-refractivity contribution is 7.20. The topological polar surface area (TPSA) is 106 Å². The molecule has 3 aromatic rings. The summed E-state index contributed by atoms with van der Waals surface area (Å²) in [6.45, 7) is 2.98. The number of esters is 1. The van der Waals surface area contributed by atoms with Crippen molar-refractivity contribution in [1.29, 1.82) is 5.41 Å². The van der Waals surface area contributed by atoms with Crippen LogP contribution in [0.25, 0.3) is 10.1 Å². The summed E-state index contributed by atoms with van der Waals surface area (Å²) in [4.78, 5) is 28.1. The molecule has 0 radical (unpaired) electrons. The largest absolute Gasteiger partial charge is 0.473 e. The molecule has 8 heteroatoms. The standard InChI is InChI=1S/C24H25N3O4S/c1-15(23(28)27-12-5-6-13-27)30-24(29)21(16-8-3-2-4-9-16)31-18-10-7-11-19-17(18)14-20(32-19)22(25)26/h2-4,7-11,14-15,21H,5-6,12-13H2,1H3,(H3,25,26)/t15-,21+/m0/s1. The predicted molar refractivity (Wildman–Crippen MR) is 124 cm³/mol. The van der Waals surface area contributed by atoms with E-state index >= 15 is 0 Å². The van der Waals surface area contributed by atoms with E-state index in [9.17, 15) is 9.59 Å². The number of amides is 1. The Kier molecular flexibility index (Phi) is 6.41. The Hall–Kier alpha value is -3.39. The number of nitrogens with zero attached hydrogens (tertiary/aromatic N) is 1. The van der Waals surface area contributed by atoms with Gasteiger partial charge in [0, 0.05) is 28.7 Å². The maximum atomic E-state index is 13.2. The van der Waals surface area contributed by atoms with E-state index in [4.69, 9.17) is 20.6 Å². The van der Waals surface area contributed by atoms with Crippen LogP contribution in [0.5, 0.6) is 5.75 Å². The van der Waals surface area contributed by atoms with Crippen molar-refractivity contribution in [3.8, 4) is 5.75 Å². The van der Waals surface area contributed by atoms with Gasteiger partial charge in [-0.25, -0.2) is 4.79 Å². The average Bonchev–Trinajstić information content (AvgIpc) is 3.47. The van der Waals surface area contributed by atoms with Gasteiger partial charge in [-0.1, -0.05) is 36.4 Å². The van der Waals surface area contributed by atoms with E-state index in [1.807, 2.05) is 30.3 Å². The Morgan fingerprint density at radius 2 is 1.81 bits per heavy atom. The Morgan fingerprint density at radius 3 is 2.50 bits per heavy atom. The van der Waals surface area contributed by atoms with Crippen LogP contribution in [0, 0.1) is 5.41 Å². The summed E-state index contributed by atoms with van der Waals surface area (Å²) in [5.41, 5.74) is 6.27. The Labute approximate surface area is 190 Å². The van der Waals surface area contributed by atoms with Crippen molar-refractivity contribution < 1.29 is 19.1 Å². The monoisotopic (exact) mass is 451 g/mol. The van der Waals surface area contributed by atoms with Crippen LogP contribution in [-0.2, 0) is 14.3 Å². The maximum absolute atomic E-state index is 13.2. The fourth-order valence-corrected chi connectivity index (χ4v) is 4.70. The zero-order valence-corrected chi connectivity index (χ0v) is 18.6. The van der Waals surface area contributed by atoms with Crippen molar-refractivity contribution in [3.63, 3.8) is 0 Å². The third-order valence-electron chi connectivity index (χ3n) is 5.41. The molecule has 3 N–H and O–H groups in total. The lowest BCUT2D eigenvalue weighted by Gasteiger charge is -2.23. The fraction of sp³-hybridized carbons (Fsp3) is 0.292. The van der Waals surface area contributed by atoms with Crippen LogP contribution < -0.4 is 10.5 Å². The van der Waals surface area contributed by atoms with E-state index in [-0.39, 0.29) is 11.7 Å². The molecule has 0 bridgehead atoms. The summed E-state index contributed by atoms with van der Waals surface area (Å²) in [5, 5.41) is 8.47. The number of carbonyl (C=O) groups excluding carboxylic acids is 2. The summed E-state index contributed by atoms with van der Waals surface area (Å²) in [6.07, 6.45) is -0.00243. The van der Waals surface area contributed by atoms with Gasteiger partial charge in [-0.3, -0.25) is 10.2 Å². The molecule has 2 heterocycles. The summed E-state index contributed by atoms with van der Waals surface area (Å²) in [5.74, 6) is -0.357. The first-order valence-corrected chi connectivity index (χ1v) is 11.3. The number of thiophene rings is 1. The number of ether oxygens (including phenoxy) is 2. The number of hydrogen-bond donors (Lipinski definition) is 2. The van der Waals surface area contributed by atoms with E-state index in [1.54, 1.807) is 36.1 Å². The second-order valence-electron chi connectivity index (χ2n) is 7.71. The number of carbonyl (C=O) groups is 2. The Balaban J connectivity index is 1.60. The van der Waals surface area contributed by atoms with E-state index in [0.29, 0.717) is 29.3 Å². The van der Waals surface area contributed by atoms with Crippen LogP contribution in [0.2, 0.25) is 0 Å². The molecule has 1 aliphatic rings. The zero-order chi connectivity index (χ0) is 22.7. The fourth-order valence-electron chi connectivity index (χ4n) is 3.76. The van der Waals surface area contributed by atoms with Gasteiger partial charge in [0.05, 0.1) is 4.88 Å². The first kappa shape index (κ1) is 21.8. The van der Waals surface area contributed by atoms with Crippen LogP contribution in [0.1, 0.15) is 36.3 Å². The van der Waals surface area contributed by atoms with Gasteiger partial charge in [0.15, 0.2) is 6.10 Å². The molecule has 7 nitrogen and oxygen atoms in total. The highest BCUT2D eigenvalue weighted by Gasteiger charge is 2.31. The molecule has 32 heavy (non-hydrogen) atoms. The molecule has 166 valence electrons. The number of amidine groups is 1. The summed E-state index contributed by atoms with van der Waals surface area (Å²) < 4.78 is 12.6.